The van der Waals surface area contributed by atoms with Crippen molar-refractivity contribution in [1.82, 2.24) is 15.1 Å². The van der Waals surface area contributed by atoms with Crippen molar-refractivity contribution in [3.8, 4) is 0 Å². The average molecular weight is 269 g/mol. The fourth-order valence-electron chi connectivity index (χ4n) is 2.01. The number of carbonyl (C=O) groups is 2. The summed E-state index contributed by atoms with van der Waals surface area (Å²) in [5, 5.41) is 15.4. The van der Waals surface area contributed by atoms with Gasteiger partial charge in [0.15, 0.2) is 0 Å². The van der Waals surface area contributed by atoms with Crippen LogP contribution >= 0.6 is 11.8 Å². The lowest BCUT2D eigenvalue weighted by atomic mass is 10.2. The van der Waals surface area contributed by atoms with Crippen LogP contribution in [0.3, 0.4) is 0 Å². The summed E-state index contributed by atoms with van der Waals surface area (Å²) in [6.07, 6.45) is 3.20. The van der Waals surface area contributed by atoms with Gasteiger partial charge in [-0.15, -0.1) is 11.8 Å². The molecule has 0 aliphatic carbocycles. The molecule has 1 saturated heterocycles. The Bertz CT molecular complexity index is 435. The van der Waals surface area contributed by atoms with E-state index in [1.54, 1.807) is 6.07 Å². The highest BCUT2D eigenvalue weighted by Crippen LogP contribution is 2.33. The Kier molecular flexibility index (Phi) is 3.90. The molecule has 2 atom stereocenters. The predicted octanol–water partition coefficient (Wildman–Crippen LogP) is 1.18. The van der Waals surface area contributed by atoms with Crippen LogP contribution < -0.4 is 0 Å². The lowest BCUT2D eigenvalue weighted by Crippen LogP contribution is -2.45. The highest BCUT2D eigenvalue weighted by molar-refractivity contribution is 8.00. The van der Waals surface area contributed by atoms with Crippen molar-refractivity contribution in [3.05, 3.63) is 18.0 Å². The van der Waals surface area contributed by atoms with Crippen LogP contribution in [0.15, 0.2) is 12.3 Å². The summed E-state index contributed by atoms with van der Waals surface area (Å²) >= 11 is 1.53. The van der Waals surface area contributed by atoms with Gasteiger partial charge in [-0.25, -0.2) is 4.79 Å². The third kappa shape index (κ3) is 2.35. The number of nitrogens with zero attached hydrogens (tertiary/aromatic N) is 2. The molecule has 1 amide bonds. The number of carboxylic acid groups (broad SMARTS) is 1. The van der Waals surface area contributed by atoms with Crippen LogP contribution in [-0.2, 0) is 4.79 Å². The molecule has 6 nitrogen and oxygen atoms in total. The largest absolute Gasteiger partial charge is 0.480 e. The van der Waals surface area contributed by atoms with Gasteiger partial charge in [-0.3, -0.25) is 9.89 Å². The minimum absolute atomic E-state index is 0.0631. The van der Waals surface area contributed by atoms with Crippen LogP contribution in [0.1, 0.15) is 30.3 Å². The van der Waals surface area contributed by atoms with E-state index in [4.69, 9.17) is 0 Å². The molecule has 1 fully saturated rings. The zero-order valence-corrected chi connectivity index (χ0v) is 10.8. The number of amides is 1. The van der Waals surface area contributed by atoms with E-state index in [0.29, 0.717) is 11.4 Å². The van der Waals surface area contributed by atoms with Crippen molar-refractivity contribution in [2.45, 2.75) is 31.2 Å². The first-order chi connectivity index (χ1) is 8.65. The molecule has 0 spiro atoms. The van der Waals surface area contributed by atoms with Gasteiger partial charge in [-0.1, -0.05) is 13.3 Å². The van der Waals surface area contributed by atoms with Gasteiger partial charge < -0.3 is 10.0 Å². The highest BCUT2D eigenvalue weighted by atomic mass is 32.2. The van der Waals surface area contributed by atoms with E-state index in [1.165, 1.54) is 22.9 Å². The number of aromatic amines is 1. The normalized spacial score (nSPS) is 23.3. The monoisotopic (exact) mass is 269 g/mol. The second kappa shape index (κ2) is 5.43. The summed E-state index contributed by atoms with van der Waals surface area (Å²) in [6, 6.07) is 0.815. The Balaban J connectivity index is 2.23. The molecule has 1 aromatic heterocycles. The summed E-state index contributed by atoms with van der Waals surface area (Å²) in [7, 11) is 0. The molecule has 2 heterocycles. The van der Waals surface area contributed by atoms with Crippen molar-refractivity contribution < 1.29 is 14.7 Å². The fourth-order valence-corrected chi connectivity index (χ4v) is 3.52. The third-order valence-corrected chi connectivity index (χ3v) is 4.23. The number of aliphatic carboxylic acids is 1. The predicted molar refractivity (Wildman–Crippen MR) is 67.3 cm³/mol. The molecule has 1 aliphatic rings. The minimum atomic E-state index is -0.950. The van der Waals surface area contributed by atoms with Crippen molar-refractivity contribution in [2.24, 2.45) is 0 Å². The zero-order valence-electron chi connectivity index (χ0n) is 10.00. The van der Waals surface area contributed by atoms with Crippen LogP contribution in [0.4, 0.5) is 0 Å². The van der Waals surface area contributed by atoms with Gasteiger partial charge in [-0.05, 0) is 12.5 Å². The number of carbonyl (C=O) groups excluding carboxylic acids is 1. The first-order valence-corrected chi connectivity index (χ1v) is 6.86. The number of H-pyrrole nitrogens is 1. The molecule has 1 aromatic rings. The van der Waals surface area contributed by atoms with Gasteiger partial charge in [0.1, 0.15) is 11.7 Å². The Hall–Kier alpha value is -1.50. The van der Waals surface area contributed by atoms with Gasteiger partial charge in [0, 0.05) is 11.9 Å². The standard InChI is InChI=1S/C11H15N3O3S/c1-2-3-9-14(8(6-18-9)11(16)17)10(15)7-4-5-12-13-7/h4-5,8-9H,2-3,6H2,1H3,(H,12,13)(H,16,17). The highest BCUT2D eigenvalue weighted by Gasteiger charge is 2.41. The number of hydrogen-bond acceptors (Lipinski definition) is 4. The van der Waals surface area contributed by atoms with Gasteiger partial charge in [-0.2, -0.15) is 5.10 Å². The molecular formula is C11H15N3O3S. The number of carboxylic acids is 1. The smallest absolute Gasteiger partial charge is 0.327 e. The van der Waals surface area contributed by atoms with E-state index >= 15 is 0 Å². The molecule has 0 bridgehead atoms. The Labute approximate surface area is 109 Å². The summed E-state index contributed by atoms with van der Waals surface area (Å²) in [5.74, 6) is -0.794. The second-order valence-electron chi connectivity index (χ2n) is 4.11. The molecule has 0 saturated carbocycles. The summed E-state index contributed by atoms with van der Waals surface area (Å²) < 4.78 is 0. The molecule has 2 N–H and O–H groups in total. The zero-order chi connectivity index (χ0) is 13.1. The molecule has 2 rings (SSSR count). The first-order valence-electron chi connectivity index (χ1n) is 5.81. The van der Waals surface area contributed by atoms with Crippen molar-refractivity contribution in [1.29, 1.82) is 0 Å². The lowest BCUT2D eigenvalue weighted by Gasteiger charge is -2.26. The SMILES string of the molecule is CCCC1SCC(C(=O)O)N1C(=O)c1ccn[nH]1. The Morgan fingerprint density at radius 3 is 3.00 bits per heavy atom. The van der Waals surface area contributed by atoms with Crippen molar-refractivity contribution >= 4 is 23.6 Å². The molecular weight excluding hydrogens is 254 g/mol. The van der Waals surface area contributed by atoms with E-state index < -0.39 is 12.0 Å². The molecule has 0 radical (unpaired) electrons. The number of rotatable bonds is 4. The van der Waals surface area contributed by atoms with Crippen LogP contribution in [0.25, 0.3) is 0 Å². The molecule has 2 unspecified atom stereocenters. The van der Waals surface area contributed by atoms with Gasteiger partial charge in [0.2, 0.25) is 0 Å². The van der Waals surface area contributed by atoms with Crippen molar-refractivity contribution in [2.75, 3.05) is 5.75 Å². The van der Waals surface area contributed by atoms with Gasteiger partial charge >= 0.3 is 5.97 Å². The van der Waals surface area contributed by atoms with E-state index in [1.807, 2.05) is 6.92 Å². The summed E-state index contributed by atoms with van der Waals surface area (Å²) in [4.78, 5) is 25.0. The van der Waals surface area contributed by atoms with Crippen molar-refractivity contribution in [3.63, 3.8) is 0 Å². The van der Waals surface area contributed by atoms with Crippen LogP contribution in [-0.4, -0.2) is 49.2 Å². The fraction of sp³-hybridized carbons (Fsp3) is 0.545. The van der Waals surface area contributed by atoms with Crippen LogP contribution in [0.2, 0.25) is 0 Å². The van der Waals surface area contributed by atoms with Gasteiger partial charge in [0.25, 0.3) is 5.91 Å². The lowest BCUT2D eigenvalue weighted by molar-refractivity contribution is -0.141. The summed E-state index contributed by atoms with van der Waals surface area (Å²) in [6.45, 7) is 2.02. The first kappa shape index (κ1) is 12.9. The molecule has 7 heteroatoms. The van der Waals surface area contributed by atoms with Crippen LogP contribution in [0.5, 0.6) is 0 Å². The minimum Gasteiger partial charge on any atom is -0.480 e. The maximum absolute atomic E-state index is 12.3. The quantitative estimate of drug-likeness (QED) is 0.857. The van der Waals surface area contributed by atoms with E-state index in [2.05, 4.69) is 10.2 Å². The Morgan fingerprint density at radius 2 is 2.44 bits per heavy atom. The van der Waals surface area contributed by atoms with E-state index in [0.717, 1.165) is 12.8 Å². The second-order valence-corrected chi connectivity index (χ2v) is 5.32. The third-order valence-electron chi connectivity index (χ3n) is 2.88. The maximum atomic E-state index is 12.3. The molecule has 0 aromatic carbocycles. The maximum Gasteiger partial charge on any atom is 0.327 e. The average Bonchev–Trinajstić information content (AvgIpc) is 2.97. The van der Waals surface area contributed by atoms with E-state index in [-0.39, 0.29) is 11.3 Å². The topological polar surface area (TPSA) is 86.3 Å². The van der Waals surface area contributed by atoms with Gasteiger partial charge in [0.05, 0.1) is 5.37 Å². The molecule has 98 valence electrons. The summed E-state index contributed by atoms with van der Waals surface area (Å²) in [5.41, 5.74) is 0.338. The molecule has 1 aliphatic heterocycles. The number of nitrogens with one attached hydrogen (secondary N) is 1. The Morgan fingerprint density at radius 1 is 1.67 bits per heavy atom. The number of thioether (sulfide) groups is 1. The number of hydrogen-bond donors (Lipinski definition) is 2. The van der Waals surface area contributed by atoms with Crippen LogP contribution in [0, 0.1) is 0 Å². The van der Waals surface area contributed by atoms with E-state index in [9.17, 15) is 14.7 Å². The number of aromatic nitrogens is 2. The molecule has 18 heavy (non-hydrogen) atoms.